The van der Waals surface area contributed by atoms with E-state index < -0.39 is 11.9 Å². The Labute approximate surface area is 70.5 Å². The first-order chi connectivity index (χ1) is 5.57. The predicted molar refractivity (Wildman–Crippen MR) is 42.9 cm³/mol. The van der Waals surface area contributed by atoms with Crippen LogP contribution < -0.4 is 0 Å². The van der Waals surface area contributed by atoms with Crippen LogP contribution in [0.4, 0.5) is 0 Å². The van der Waals surface area contributed by atoms with E-state index in [9.17, 15) is 9.59 Å². The molecule has 4 heteroatoms. The molecule has 0 atom stereocenters. The number of hydrogen-bond donors (Lipinski definition) is 2. The lowest BCUT2D eigenvalue weighted by molar-refractivity contribution is -0.135. The third kappa shape index (κ3) is 4.49. The Morgan fingerprint density at radius 1 is 1.33 bits per heavy atom. The summed E-state index contributed by atoms with van der Waals surface area (Å²) in [5, 5.41) is 16.8. The molecule has 0 spiro atoms. The summed E-state index contributed by atoms with van der Waals surface area (Å²) in [7, 11) is 0. The summed E-state index contributed by atoms with van der Waals surface area (Å²) in [5.41, 5.74) is -0.0376. The molecule has 2 N–H and O–H groups in total. The summed E-state index contributed by atoms with van der Waals surface area (Å²) >= 11 is 0. The molecule has 4 nitrogen and oxygen atoms in total. The lowest BCUT2D eigenvalue weighted by Gasteiger charge is -1.97. The molecule has 0 heterocycles. The zero-order chi connectivity index (χ0) is 9.56. The van der Waals surface area contributed by atoms with E-state index in [0.717, 1.165) is 12.5 Å². The molecule has 0 bridgehead atoms. The number of carboxylic acid groups (broad SMARTS) is 2. The second-order valence-electron chi connectivity index (χ2n) is 2.42. The molecule has 0 amide bonds. The van der Waals surface area contributed by atoms with Gasteiger partial charge >= 0.3 is 11.9 Å². The largest absolute Gasteiger partial charge is 0.478 e. The van der Waals surface area contributed by atoms with Crippen LogP contribution in [-0.2, 0) is 9.59 Å². The van der Waals surface area contributed by atoms with Crippen molar-refractivity contribution in [1.29, 1.82) is 0 Å². The van der Waals surface area contributed by atoms with Crippen LogP contribution >= 0.6 is 0 Å². The van der Waals surface area contributed by atoms with Gasteiger partial charge in [0.15, 0.2) is 0 Å². The Kier molecular flexibility index (Phi) is 4.76. The highest BCUT2D eigenvalue weighted by atomic mass is 16.4. The number of aliphatic carboxylic acids is 2. The molecule has 0 radical (unpaired) electrons. The molecule has 0 aromatic carbocycles. The average molecular weight is 172 g/mol. The van der Waals surface area contributed by atoms with E-state index in [1.54, 1.807) is 0 Å². The van der Waals surface area contributed by atoms with Crippen molar-refractivity contribution in [3.8, 4) is 0 Å². The minimum absolute atomic E-state index is 0.0376. The molecule has 0 fully saturated rings. The van der Waals surface area contributed by atoms with Crippen LogP contribution in [0, 0.1) is 0 Å². The summed E-state index contributed by atoms with van der Waals surface area (Å²) < 4.78 is 0. The van der Waals surface area contributed by atoms with Gasteiger partial charge < -0.3 is 10.2 Å². The second kappa shape index (κ2) is 5.35. The zero-order valence-corrected chi connectivity index (χ0v) is 6.91. The summed E-state index contributed by atoms with van der Waals surface area (Å²) in [5.74, 6) is -2.35. The van der Waals surface area contributed by atoms with E-state index in [1.807, 2.05) is 6.92 Å². The van der Waals surface area contributed by atoms with Crippen molar-refractivity contribution in [2.45, 2.75) is 26.2 Å². The number of carboxylic acids is 2. The van der Waals surface area contributed by atoms with Crippen LogP contribution in [0.25, 0.3) is 0 Å². The number of hydrogen-bond acceptors (Lipinski definition) is 2. The monoisotopic (exact) mass is 172 g/mol. The zero-order valence-electron chi connectivity index (χ0n) is 6.91. The molecule has 68 valence electrons. The van der Waals surface area contributed by atoms with Gasteiger partial charge in [0.1, 0.15) is 0 Å². The fourth-order valence-corrected chi connectivity index (χ4v) is 0.757. The van der Waals surface area contributed by atoms with E-state index in [-0.39, 0.29) is 5.57 Å². The summed E-state index contributed by atoms with van der Waals surface area (Å²) in [4.78, 5) is 20.5. The molecular formula is C8H12O4. The first-order valence-corrected chi connectivity index (χ1v) is 3.74. The fraction of sp³-hybridized carbons (Fsp3) is 0.500. The summed E-state index contributed by atoms with van der Waals surface area (Å²) in [6, 6.07) is 0. The van der Waals surface area contributed by atoms with Crippen molar-refractivity contribution < 1.29 is 19.8 Å². The van der Waals surface area contributed by atoms with Crippen molar-refractivity contribution in [1.82, 2.24) is 0 Å². The molecule has 0 aliphatic carbocycles. The van der Waals surface area contributed by atoms with Crippen molar-refractivity contribution in [3.63, 3.8) is 0 Å². The van der Waals surface area contributed by atoms with Gasteiger partial charge in [0.25, 0.3) is 0 Å². The molecule has 0 aliphatic heterocycles. The lowest BCUT2D eigenvalue weighted by atomic mass is 10.1. The molecule has 0 aromatic heterocycles. The SMILES string of the molecule is CCCC/C(=C\C(=O)O)C(=O)O. The van der Waals surface area contributed by atoms with Crippen LogP contribution in [0.5, 0.6) is 0 Å². The quantitative estimate of drug-likeness (QED) is 0.612. The maximum Gasteiger partial charge on any atom is 0.331 e. The first-order valence-electron chi connectivity index (χ1n) is 3.74. The Bertz CT molecular complexity index is 205. The smallest absolute Gasteiger partial charge is 0.331 e. The standard InChI is InChI=1S/C8H12O4/c1-2-3-4-6(8(11)12)5-7(9)10/h5H,2-4H2,1H3,(H,9,10)(H,11,12)/b6-5+. The van der Waals surface area contributed by atoms with Crippen LogP contribution in [-0.4, -0.2) is 22.2 Å². The molecule has 0 unspecified atom stereocenters. The molecule has 0 saturated heterocycles. The minimum atomic E-state index is -1.21. The van der Waals surface area contributed by atoms with Gasteiger partial charge in [-0.25, -0.2) is 9.59 Å². The number of rotatable bonds is 5. The highest BCUT2D eigenvalue weighted by Gasteiger charge is 2.07. The molecule has 0 aliphatic rings. The number of carbonyl (C=O) groups is 2. The van der Waals surface area contributed by atoms with E-state index >= 15 is 0 Å². The van der Waals surface area contributed by atoms with Gasteiger partial charge in [-0.05, 0) is 12.8 Å². The van der Waals surface area contributed by atoms with Gasteiger partial charge in [-0.3, -0.25) is 0 Å². The highest BCUT2D eigenvalue weighted by molar-refractivity contribution is 5.94. The van der Waals surface area contributed by atoms with E-state index in [0.29, 0.717) is 12.8 Å². The highest BCUT2D eigenvalue weighted by Crippen LogP contribution is 2.06. The van der Waals surface area contributed by atoms with Gasteiger partial charge in [0.05, 0.1) is 0 Å². The second-order valence-corrected chi connectivity index (χ2v) is 2.42. The van der Waals surface area contributed by atoms with E-state index in [1.165, 1.54) is 0 Å². The van der Waals surface area contributed by atoms with Crippen molar-refractivity contribution in [3.05, 3.63) is 11.6 Å². The fourth-order valence-electron chi connectivity index (χ4n) is 0.757. The molecule has 0 aromatic rings. The van der Waals surface area contributed by atoms with Gasteiger partial charge in [-0.15, -0.1) is 0 Å². The Hall–Kier alpha value is -1.32. The third-order valence-electron chi connectivity index (χ3n) is 1.37. The average Bonchev–Trinajstić information content (AvgIpc) is 1.96. The topological polar surface area (TPSA) is 74.6 Å². The van der Waals surface area contributed by atoms with Gasteiger partial charge in [-0.2, -0.15) is 0 Å². The Morgan fingerprint density at radius 2 is 1.92 bits per heavy atom. The molecule has 0 saturated carbocycles. The summed E-state index contributed by atoms with van der Waals surface area (Å²) in [6.07, 6.45) is 2.62. The lowest BCUT2D eigenvalue weighted by Crippen LogP contribution is -2.03. The molecule has 12 heavy (non-hydrogen) atoms. The van der Waals surface area contributed by atoms with Gasteiger partial charge in [-0.1, -0.05) is 13.3 Å². The van der Waals surface area contributed by atoms with Gasteiger partial charge in [0, 0.05) is 11.6 Å². The number of unbranched alkanes of at least 4 members (excludes halogenated alkanes) is 1. The van der Waals surface area contributed by atoms with Crippen LogP contribution in [0.15, 0.2) is 11.6 Å². The van der Waals surface area contributed by atoms with Crippen LogP contribution in [0.2, 0.25) is 0 Å². The van der Waals surface area contributed by atoms with E-state index in [2.05, 4.69) is 0 Å². The normalized spacial score (nSPS) is 11.2. The minimum Gasteiger partial charge on any atom is -0.478 e. The Morgan fingerprint density at radius 3 is 2.25 bits per heavy atom. The van der Waals surface area contributed by atoms with Crippen LogP contribution in [0.3, 0.4) is 0 Å². The van der Waals surface area contributed by atoms with Gasteiger partial charge in [0.2, 0.25) is 0 Å². The van der Waals surface area contributed by atoms with Crippen molar-refractivity contribution in [2.24, 2.45) is 0 Å². The Balaban J connectivity index is 4.23. The summed E-state index contributed by atoms with van der Waals surface area (Å²) in [6.45, 7) is 1.92. The van der Waals surface area contributed by atoms with Crippen molar-refractivity contribution >= 4 is 11.9 Å². The molecule has 0 rings (SSSR count). The maximum atomic E-state index is 10.4. The maximum absolute atomic E-state index is 10.4. The first kappa shape index (κ1) is 10.7. The van der Waals surface area contributed by atoms with Crippen molar-refractivity contribution in [2.75, 3.05) is 0 Å². The third-order valence-corrected chi connectivity index (χ3v) is 1.37. The van der Waals surface area contributed by atoms with Crippen LogP contribution in [0.1, 0.15) is 26.2 Å². The molecular weight excluding hydrogens is 160 g/mol. The van der Waals surface area contributed by atoms with E-state index in [4.69, 9.17) is 10.2 Å². The predicted octanol–water partition coefficient (Wildman–Crippen LogP) is 1.27.